The summed E-state index contributed by atoms with van der Waals surface area (Å²) in [6.45, 7) is 0.557. The Morgan fingerprint density at radius 1 is 1.35 bits per heavy atom. The van der Waals surface area contributed by atoms with Gasteiger partial charge in [-0.25, -0.2) is 14.4 Å². The molecule has 2 aromatic heterocycles. The smallest absolute Gasteiger partial charge is 0.144 e. The molecule has 0 radical (unpaired) electrons. The largest absolute Gasteiger partial charge is 0.321 e. The predicted octanol–water partition coefficient (Wildman–Crippen LogP) is 4.11. The minimum absolute atomic E-state index is 0.0776. The second kappa shape index (κ2) is 5.68. The molecule has 0 atom stereocenters. The topological polar surface area (TPSA) is 30.7 Å². The summed E-state index contributed by atoms with van der Waals surface area (Å²) in [7, 11) is 0. The van der Waals surface area contributed by atoms with Crippen LogP contribution in [0.25, 0.3) is 11.0 Å². The van der Waals surface area contributed by atoms with Crippen LogP contribution in [0.1, 0.15) is 10.8 Å². The molecule has 0 N–H and O–H groups in total. The van der Waals surface area contributed by atoms with E-state index in [4.69, 9.17) is 23.2 Å². The Morgan fingerprint density at radius 2 is 2.20 bits per heavy atom. The zero-order valence-electron chi connectivity index (χ0n) is 10.3. The van der Waals surface area contributed by atoms with Crippen LogP contribution in [-0.2, 0) is 13.0 Å². The number of imidazole rings is 1. The Bertz CT molecular complexity index is 740. The number of alkyl halides is 1. The average molecular weight is 330 g/mol. The fourth-order valence-electron chi connectivity index (χ4n) is 2.09. The van der Waals surface area contributed by atoms with Crippen molar-refractivity contribution < 1.29 is 4.39 Å². The number of halogens is 3. The predicted molar refractivity (Wildman–Crippen MR) is 80.3 cm³/mol. The molecule has 0 bridgehead atoms. The fourth-order valence-corrected chi connectivity index (χ4v) is 3.02. The number of hydrogen-bond acceptors (Lipinski definition) is 3. The van der Waals surface area contributed by atoms with Crippen LogP contribution in [-0.4, -0.2) is 20.4 Å². The van der Waals surface area contributed by atoms with E-state index in [1.54, 1.807) is 23.6 Å². The highest BCUT2D eigenvalue weighted by atomic mass is 35.5. The van der Waals surface area contributed by atoms with Crippen molar-refractivity contribution in [2.45, 2.75) is 13.0 Å². The Balaban J connectivity index is 2.15. The Hall–Kier alpha value is -1.17. The van der Waals surface area contributed by atoms with Crippen molar-refractivity contribution in [2.75, 3.05) is 5.88 Å². The van der Waals surface area contributed by atoms with Crippen molar-refractivity contribution >= 4 is 45.6 Å². The van der Waals surface area contributed by atoms with Crippen molar-refractivity contribution in [1.29, 1.82) is 0 Å². The number of aryl methyl sites for hydroxylation is 1. The maximum Gasteiger partial charge on any atom is 0.144 e. The van der Waals surface area contributed by atoms with E-state index in [1.807, 2.05) is 9.95 Å². The Kier molecular flexibility index (Phi) is 3.92. The van der Waals surface area contributed by atoms with Crippen LogP contribution in [0.4, 0.5) is 4.39 Å². The normalized spacial score (nSPS) is 11.3. The van der Waals surface area contributed by atoms with Crippen molar-refractivity contribution in [3.8, 4) is 0 Å². The Labute approximate surface area is 129 Å². The first-order valence-electron chi connectivity index (χ1n) is 5.97. The molecule has 0 saturated heterocycles. The second-order valence-corrected chi connectivity index (χ2v) is 6.00. The molecule has 104 valence electrons. The average Bonchev–Trinajstić information content (AvgIpc) is 3.02. The van der Waals surface area contributed by atoms with Crippen molar-refractivity contribution in [3.63, 3.8) is 0 Å². The molecular weight excluding hydrogens is 320 g/mol. The molecule has 0 fully saturated rings. The van der Waals surface area contributed by atoms with Gasteiger partial charge < -0.3 is 4.57 Å². The maximum atomic E-state index is 13.7. The summed E-state index contributed by atoms with van der Waals surface area (Å²) in [4.78, 5) is 8.75. The molecule has 2 heterocycles. The van der Waals surface area contributed by atoms with Crippen LogP contribution in [0.15, 0.2) is 23.7 Å². The lowest BCUT2D eigenvalue weighted by atomic mass is 10.3. The molecule has 0 aliphatic carbocycles. The number of rotatable bonds is 4. The van der Waals surface area contributed by atoms with E-state index in [-0.39, 0.29) is 5.02 Å². The van der Waals surface area contributed by atoms with Crippen LogP contribution in [0.3, 0.4) is 0 Å². The minimum atomic E-state index is -0.447. The van der Waals surface area contributed by atoms with Gasteiger partial charge in [0.05, 0.1) is 22.6 Å². The number of aromatic nitrogens is 3. The van der Waals surface area contributed by atoms with Gasteiger partial charge >= 0.3 is 0 Å². The van der Waals surface area contributed by atoms with Crippen molar-refractivity contribution in [3.05, 3.63) is 45.4 Å². The number of hydrogen-bond donors (Lipinski definition) is 0. The van der Waals surface area contributed by atoms with Crippen LogP contribution in [0, 0.1) is 5.82 Å². The summed E-state index contributed by atoms with van der Waals surface area (Å²) in [5, 5.41) is 2.93. The molecule has 3 rings (SSSR count). The monoisotopic (exact) mass is 329 g/mol. The third-order valence-electron chi connectivity index (χ3n) is 2.96. The summed E-state index contributed by atoms with van der Waals surface area (Å²) in [6.07, 6.45) is 2.36. The SMILES string of the molecule is Fc1cc2c(cc1Cl)nc(CCCl)n2Cc1nccs1. The summed E-state index contributed by atoms with van der Waals surface area (Å²) >= 11 is 13.2. The lowest BCUT2D eigenvalue weighted by Gasteiger charge is -2.06. The highest BCUT2D eigenvalue weighted by Crippen LogP contribution is 2.25. The number of thiazole rings is 1. The molecule has 0 saturated carbocycles. The molecule has 0 amide bonds. The highest BCUT2D eigenvalue weighted by molar-refractivity contribution is 7.09. The van der Waals surface area contributed by atoms with Crippen molar-refractivity contribution in [1.82, 2.24) is 14.5 Å². The molecule has 7 heteroatoms. The molecule has 0 aliphatic rings. The summed E-state index contributed by atoms with van der Waals surface area (Å²) in [5.41, 5.74) is 1.38. The third kappa shape index (κ3) is 2.53. The number of fused-ring (bicyclic) bond motifs is 1. The van der Waals surface area contributed by atoms with Gasteiger partial charge in [0, 0.05) is 29.9 Å². The molecule has 0 aliphatic heterocycles. The van der Waals surface area contributed by atoms with E-state index in [9.17, 15) is 4.39 Å². The Morgan fingerprint density at radius 3 is 2.90 bits per heavy atom. The third-order valence-corrected chi connectivity index (χ3v) is 4.21. The van der Waals surface area contributed by atoms with E-state index < -0.39 is 5.82 Å². The number of nitrogens with zero attached hydrogens (tertiary/aromatic N) is 3. The zero-order valence-corrected chi connectivity index (χ0v) is 12.6. The van der Waals surface area contributed by atoms with Crippen LogP contribution >= 0.6 is 34.5 Å². The van der Waals surface area contributed by atoms with Crippen LogP contribution < -0.4 is 0 Å². The van der Waals surface area contributed by atoms with Crippen LogP contribution in [0.5, 0.6) is 0 Å². The molecular formula is C13H10Cl2FN3S. The molecule has 3 nitrogen and oxygen atoms in total. The first-order chi connectivity index (χ1) is 9.69. The minimum Gasteiger partial charge on any atom is -0.321 e. The van der Waals surface area contributed by atoms with Gasteiger partial charge in [0.1, 0.15) is 16.6 Å². The van der Waals surface area contributed by atoms with E-state index in [2.05, 4.69) is 9.97 Å². The van der Waals surface area contributed by atoms with Gasteiger partial charge in [-0.2, -0.15) is 0 Å². The lowest BCUT2D eigenvalue weighted by molar-refractivity contribution is 0.628. The molecule has 3 aromatic rings. The van der Waals surface area contributed by atoms with Gasteiger partial charge in [0.15, 0.2) is 0 Å². The van der Waals surface area contributed by atoms with E-state index in [0.29, 0.717) is 29.9 Å². The highest BCUT2D eigenvalue weighted by Gasteiger charge is 2.14. The summed E-state index contributed by atoms with van der Waals surface area (Å²) < 4.78 is 15.6. The van der Waals surface area contributed by atoms with Gasteiger partial charge in [-0.1, -0.05) is 11.6 Å². The summed E-state index contributed by atoms with van der Waals surface area (Å²) in [5.74, 6) is 0.820. The second-order valence-electron chi connectivity index (χ2n) is 4.23. The molecule has 20 heavy (non-hydrogen) atoms. The molecule has 0 spiro atoms. The van der Waals surface area contributed by atoms with Gasteiger partial charge in [-0.3, -0.25) is 0 Å². The lowest BCUT2D eigenvalue weighted by Crippen LogP contribution is -2.05. The quantitative estimate of drug-likeness (QED) is 0.674. The molecule has 0 unspecified atom stereocenters. The number of benzene rings is 1. The van der Waals surface area contributed by atoms with Crippen molar-refractivity contribution in [2.24, 2.45) is 0 Å². The maximum absolute atomic E-state index is 13.7. The molecule has 1 aromatic carbocycles. The fraction of sp³-hybridized carbons (Fsp3) is 0.231. The standard InChI is InChI=1S/C13H10Cl2FN3S/c14-2-1-12-18-10-5-8(15)9(16)6-11(10)19(12)7-13-17-3-4-20-13/h3-6H,1-2,7H2. The van der Waals surface area contributed by atoms with Gasteiger partial charge in [0.25, 0.3) is 0 Å². The van der Waals surface area contributed by atoms with E-state index in [0.717, 1.165) is 10.8 Å². The van der Waals surface area contributed by atoms with Gasteiger partial charge in [0.2, 0.25) is 0 Å². The van der Waals surface area contributed by atoms with Gasteiger partial charge in [-0.05, 0) is 6.07 Å². The van der Waals surface area contributed by atoms with Crippen LogP contribution in [0.2, 0.25) is 5.02 Å². The summed E-state index contributed by atoms with van der Waals surface area (Å²) in [6, 6.07) is 2.96. The van der Waals surface area contributed by atoms with E-state index in [1.165, 1.54) is 6.07 Å². The van der Waals surface area contributed by atoms with Gasteiger partial charge in [-0.15, -0.1) is 22.9 Å². The first kappa shape index (κ1) is 13.8. The first-order valence-corrected chi connectivity index (χ1v) is 7.76. The zero-order chi connectivity index (χ0) is 14.1. The van der Waals surface area contributed by atoms with E-state index >= 15 is 0 Å².